The van der Waals surface area contributed by atoms with E-state index in [1.165, 1.54) is 18.4 Å². The predicted molar refractivity (Wildman–Crippen MR) is 88.1 cm³/mol. The monoisotopic (exact) mass is 339 g/mol. The van der Waals surface area contributed by atoms with E-state index >= 15 is 0 Å². The van der Waals surface area contributed by atoms with Crippen LogP contribution in [0.4, 0.5) is 0 Å². The second-order valence-corrected chi connectivity index (χ2v) is 6.87. The van der Waals surface area contributed by atoms with Crippen molar-refractivity contribution in [3.8, 4) is 0 Å². The third-order valence-electron chi connectivity index (χ3n) is 4.23. The lowest BCUT2D eigenvalue weighted by Gasteiger charge is -2.41. The molecule has 1 heterocycles. The summed E-state index contributed by atoms with van der Waals surface area (Å²) in [6, 6.07) is 9.05. The van der Waals surface area contributed by atoms with Crippen molar-refractivity contribution in [2.75, 3.05) is 13.2 Å². The Hall–Kier alpha value is -0.380. The summed E-state index contributed by atoms with van der Waals surface area (Å²) >= 11 is 3.50. The molecule has 0 aromatic heterocycles. The summed E-state index contributed by atoms with van der Waals surface area (Å²) in [6.45, 7) is 6.45. The van der Waals surface area contributed by atoms with E-state index in [1.54, 1.807) is 0 Å². The predicted octanol–water partition coefficient (Wildman–Crippen LogP) is 4.32. The van der Waals surface area contributed by atoms with Gasteiger partial charge in [0.25, 0.3) is 0 Å². The van der Waals surface area contributed by atoms with E-state index < -0.39 is 0 Å². The molecule has 2 rings (SSSR count). The van der Waals surface area contributed by atoms with Crippen molar-refractivity contribution in [3.63, 3.8) is 0 Å². The molecule has 2 nitrogen and oxygen atoms in total. The molecule has 20 heavy (non-hydrogen) atoms. The molecule has 0 bridgehead atoms. The van der Waals surface area contributed by atoms with Crippen molar-refractivity contribution in [3.05, 3.63) is 34.3 Å². The molecule has 1 aromatic carbocycles. The molecule has 1 saturated heterocycles. The van der Waals surface area contributed by atoms with Crippen LogP contribution in [0.2, 0.25) is 0 Å². The van der Waals surface area contributed by atoms with E-state index in [0.717, 1.165) is 36.9 Å². The van der Waals surface area contributed by atoms with Crippen LogP contribution in [0.25, 0.3) is 0 Å². The van der Waals surface area contributed by atoms with Gasteiger partial charge in [-0.15, -0.1) is 0 Å². The maximum absolute atomic E-state index is 6.15. The molecule has 0 radical (unpaired) electrons. The second-order valence-electron chi connectivity index (χ2n) is 5.96. The van der Waals surface area contributed by atoms with Crippen LogP contribution in [0, 0.1) is 0 Å². The zero-order chi connectivity index (χ0) is 14.4. The molecule has 112 valence electrons. The number of benzene rings is 1. The van der Waals surface area contributed by atoms with E-state index in [0.29, 0.717) is 6.04 Å². The highest BCUT2D eigenvalue weighted by atomic mass is 79.9. The minimum absolute atomic E-state index is 0.0273. The van der Waals surface area contributed by atoms with Gasteiger partial charge in [-0.3, -0.25) is 0 Å². The standard InChI is InChI=1S/C17H26BrNO/c1-3-11-19-16(17(2)10-4-5-12-20-17)13-14-6-8-15(18)9-7-14/h6-9,16,19H,3-5,10-13H2,1-2H3. The highest BCUT2D eigenvalue weighted by Crippen LogP contribution is 2.30. The summed E-state index contributed by atoms with van der Waals surface area (Å²) in [7, 11) is 0. The van der Waals surface area contributed by atoms with Crippen molar-refractivity contribution < 1.29 is 4.74 Å². The minimum Gasteiger partial charge on any atom is -0.374 e. The van der Waals surface area contributed by atoms with E-state index in [4.69, 9.17) is 4.74 Å². The van der Waals surface area contributed by atoms with E-state index in [-0.39, 0.29) is 5.60 Å². The van der Waals surface area contributed by atoms with Crippen LogP contribution < -0.4 is 5.32 Å². The molecular weight excluding hydrogens is 314 g/mol. The highest BCUT2D eigenvalue weighted by molar-refractivity contribution is 9.10. The Morgan fingerprint density at radius 3 is 2.65 bits per heavy atom. The van der Waals surface area contributed by atoms with Gasteiger partial charge in [0, 0.05) is 17.1 Å². The highest BCUT2D eigenvalue weighted by Gasteiger charge is 2.36. The van der Waals surface area contributed by atoms with Crippen molar-refractivity contribution in [2.45, 2.75) is 57.6 Å². The molecule has 1 aliphatic heterocycles. The Bertz CT molecular complexity index is 398. The van der Waals surface area contributed by atoms with Gasteiger partial charge in [-0.05, 0) is 63.3 Å². The molecule has 3 heteroatoms. The average Bonchev–Trinajstić information content (AvgIpc) is 2.46. The van der Waals surface area contributed by atoms with Gasteiger partial charge in [0.2, 0.25) is 0 Å². The van der Waals surface area contributed by atoms with Crippen LogP contribution >= 0.6 is 15.9 Å². The largest absolute Gasteiger partial charge is 0.374 e. The van der Waals surface area contributed by atoms with Gasteiger partial charge in [-0.1, -0.05) is 35.0 Å². The number of nitrogens with one attached hydrogen (secondary N) is 1. The molecule has 1 aromatic rings. The summed E-state index contributed by atoms with van der Waals surface area (Å²) in [4.78, 5) is 0. The number of ether oxygens (including phenoxy) is 1. The maximum atomic E-state index is 6.15. The van der Waals surface area contributed by atoms with Crippen molar-refractivity contribution in [1.82, 2.24) is 5.32 Å². The van der Waals surface area contributed by atoms with Gasteiger partial charge in [0.05, 0.1) is 5.60 Å². The normalized spacial score (nSPS) is 24.6. The zero-order valence-corrected chi connectivity index (χ0v) is 14.2. The summed E-state index contributed by atoms with van der Waals surface area (Å²) in [5.74, 6) is 0. The number of rotatable bonds is 6. The SMILES string of the molecule is CCCNC(Cc1ccc(Br)cc1)C1(C)CCCCO1. The van der Waals surface area contributed by atoms with E-state index in [1.807, 2.05) is 0 Å². The smallest absolute Gasteiger partial charge is 0.0810 e. The lowest BCUT2D eigenvalue weighted by molar-refractivity contribution is -0.0883. The molecule has 2 unspecified atom stereocenters. The molecule has 1 fully saturated rings. The quantitative estimate of drug-likeness (QED) is 0.833. The first kappa shape index (κ1) is 16.0. The van der Waals surface area contributed by atoms with Gasteiger partial charge >= 0.3 is 0 Å². The fraction of sp³-hybridized carbons (Fsp3) is 0.647. The van der Waals surface area contributed by atoms with Gasteiger partial charge in [-0.2, -0.15) is 0 Å². The third kappa shape index (κ3) is 4.31. The summed E-state index contributed by atoms with van der Waals surface area (Å²) < 4.78 is 7.29. The molecule has 2 atom stereocenters. The maximum Gasteiger partial charge on any atom is 0.0810 e. The van der Waals surface area contributed by atoms with Crippen LogP contribution in [-0.2, 0) is 11.2 Å². The Morgan fingerprint density at radius 2 is 2.05 bits per heavy atom. The van der Waals surface area contributed by atoms with Crippen LogP contribution in [-0.4, -0.2) is 24.8 Å². The molecule has 0 aliphatic carbocycles. The van der Waals surface area contributed by atoms with Crippen LogP contribution in [0.5, 0.6) is 0 Å². The van der Waals surface area contributed by atoms with E-state index in [9.17, 15) is 0 Å². The van der Waals surface area contributed by atoms with Gasteiger partial charge in [-0.25, -0.2) is 0 Å². The molecule has 1 N–H and O–H groups in total. The van der Waals surface area contributed by atoms with Crippen LogP contribution in [0.3, 0.4) is 0 Å². The lowest BCUT2D eigenvalue weighted by atomic mass is 9.84. The van der Waals surface area contributed by atoms with Gasteiger partial charge in [0.15, 0.2) is 0 Å². The number of hydrogen-bond donors (Lipinski definition) is 1. The zero-order valence-electron chi connectivity index (χ0n) is 12.6. The van der Waals surface area contributed by atoms with Gasteiger partial charge < -0.3 is 10.1 Å². The first-order valence-corrected chi connectivity index (χ1v) is 8.55. The fourth-order valence-corrected chi connectivity index (χ4v) is 3.17. The Morgan fingerprint density at radius 1 is 1.30 bits per heavy atom. The number of hydrogen-bond acceptors (Lipinski definition) is 2. The Balaban J connectivity index is 2.07. The Labute approximate surface area is 131 Å². The average molecular weight is 340 g/mol. The fourth-order valence-electron chi connectivity index (χ4n) is 2.91. The summed E-state index contributed by atoms with van der Waals surface area (Å²) in [5.41, 5.74) is 1.35. The minimum atomic E-state index is -0.0273. The van der Waals surface area contributed by atoms with Crippen molar-refractivity contribution in [1.29, 1.82) is 0 Å². The molecule has 0 spiro atoms. The van der Waals surface area contributed by atoms with Crippen LogP contribution in [0.15, 0.2) is 28.7 Å². The second kappa shape index (κ2) is 7.58. The molecule has 0 saturated carbocycles. The van der Waals surface area contributed by atoms with Gasteiger partial charge in [0.1, 0.15) is 0 Å². The lowest BCUT2D eigenvalue weighted by Crippen LogP contribution is -2.53. The topological polar surface area (TPSA) is 21.3 Å². The number of halogens is 1. The molecule has 0 amide bonds. The first-order valence-electron chi connectivity index (χ1n) is 7.76. The van der Waals surface area contributed by atoms with Crippen molar-refractivity contribution in [2.24, 2.45) is 0 Å². The third-order valence-corrected chi connectivity index (χ3v) is 4.76. The summed E-state index contributed by atoms with van der Waals surface area (Å²) in [5, 5.41) is 3.71. The van der Waals surface area contributed by atoms with Crippen molar-refractivity contribution >= 4 is 15.9 Å². The first-order chi connectivity index (χ1) is 9.64. The summed E-state index contributed by atoms with van der Waals surface area (Å²) in [6.07, 6.45) is 5.83. The van der Waals surface area contributed by atoms with Crippen LogP contribution in [0.1, 0.15) is 45.1 Å². The molecular formula is C17H26BrNO. The van der Waals surface area contributed by atoms with E-state index in [2.05, 4.69) is 59.4 Å². The Kier molecular flexibility index (Phi) is 6.06. The molecule has 1 aliphatic rings.